The number of carbonyl (C=O) groups is 1. The number of imidazole rings is 1. The maximum Gasteiger partial charge on any atom is 0.316 e. The largest absolute Gasteiger partial charge is 0.467 e. The minimum atomic E-state index is -0.791. The van der Waals surface area contributed by atoms with Crippen LogP contribution in [0.1, 0.15) is 31.9 Å². The van der Waals surface area contributed by atoms with E-state index in [4.69, 9.17) is 19.2 Å². The van der Waals surface area contributed by atoms with Crippen LogP contribution in [-0.2, 0) is 14.3 Å². The molecule has 1 saturated heterocycles. The number of hydrogen-bond donors (Lipinski definition) is 2. The molecular weight excluding hydrogens is 441 g/mol. The lowest BCUT2D eigenvalue weighted by molar-refractivity contribution is -0.231. The highest BCUT2D eigenvalue weighted by Crippen LogP contribution is 2.36. The van der Waals surface area contributed by atoms with Crippen molar-refractivity contribution in [3.05, 3.63) is 48.2 Å². The second-order valence-corrected chi connectivity index (χ2v) is 8.95. The van der Waals surface area contributed by atoms with Gasteiger partial charge in [0.05, 0.1) is 42.8 Å². The standard InChI is InChI=1S/C24H26FN5O4/c1-24(22(31)27-11-14-3-4-14)12-33-21(34-13-24)20-29-18(15-5-7-16(25)8-6-15)19(30-20)17-9-10-26-23(28-17)32-2/h5-10,14,21H,3-4,11-13H2,1-2H3,(H,27,31)(H,29,30). The highest BCUT2D eigenvalue weighted by molar-refractivity contribution is 5.82. The number of methoxy groups -OCH3 is 1. The van der Waals surface area contributed by atoms with Crippen LogP contribution in [-0.4, -0.2) is 52.7 Å². The number of hydrogen-bond acceptors (Lipinski definition) is 7. The van der Waals surface area contributed by atoms with Crippen molar-refractivity contribution in [1.29, 1.82) is 0 Å². The molecule has 3 aromatic rings. The molecule has 178 valence electrons. The van der Waals surface area contributed by atoms with Crippen LogP contribution in [0.15, 0.2) is 36.5 Å². The van der Waals surface area contributed by atoms with Crippen LogP contribution >= 0.6 is 0 Å². The van der Waals surface area contributed by atoms with Gasteiger partial charge in [0.15, 0.2) is 5.82 Å². The predicted molar refractivity (Wildman–Crippen MR) is 120 cm³/mol. The van der Waals surface area contributed by atoms with Crippen molar-refractivity contribution in [3.63, 3.8) is 0 Å². The predicted octanol–water partition coefficient (Wildman–Crippen LogP) is 3.26. The maximum atomic E-state index is 13.5. The summed E-state index contributed by atoms with van der Waals surface area (Å²) < 4.78 is 30.5. The number of amides is 1. The fourth-order valence-electron chi connectivity index (χ4n) is 3.75. The van der Waals surface area contributed by atoms with Crippen molar-refractivity contribution in [2.75, 3.05) is 26.9 Å². The molecule has 0 bridgehead atoms. The van der Waals surface area contributed by atoms with Crippen molar-refractivity contribution in [3.8, 4) is 28.7 Å². The fourth-order valence-corrected chi connectivity index (χ4v) is 3.75. The fraction of sp³-hybridized carbons (Fsp3) is 0.417. The first-order valence-corrected chi connectivity index (χ1v) is 11.2. The quantitative estimate of drug-likeness (QED) is 0.549. The Kier molecular flexibility index (Phi) is 6.01. The van der Waals surface area contributed by atoms with Gasteiger partial charge in [-0.05, 0) is 56.0 Å². The Bertz CT molecular complexity index is 1170. The van der Waals surface area contributed by atoms with Crippen molar-refractivity contribution in [2.45, 2.75) is 26.1 Å². The highest BCUT2D eigenvalue weighted by Gasteiger charge is 2.41. The Labute approximate surface area is 196 Å². The molecule has 2 fully saturated rings. The average Bonchev–Trinajstić information content (AvgIpc) is 3.59. The first kappa shape index (κ1) is 22.4. The summed E-state index contributed by atoms with van der Waals surface area (Å²) >= 11 is 0. The molecule has 2 aliphatic rings. The van der Waals surface area contributed by atoms with E-state index in [1.807, 2.05) is 6.92 Å². The zero-order valence-electron chi connectivity index (χ0n) is 19.0. The van der Waals surface area contributed by atoms with Crippen molar-refractivity contribution in [2.24, 2.45) is 11.3 Å². The topological polar surface area (TPSA) is 111 Å². The third kappa shape index (κ3) is 4.64. The lowest BCUT2D eigenvalue weighted by Crippen LogP contribution is -2.49. The molecular formula is C24H26FN5O4. The van der Waals surface area contributed by atoms with Gasteiger partial charge in [0, 0.05) is 18.3 Å². The van der Waals surface area contributed by atoms with E-state index in [0.29, 0.717) is 40.9 Å². The third-order valence-corrected chi connectivity index (χ3v) is 6.04. The molecule has 9 nitrogen and oxygen atoms in total. The molecule has 1 amide bonds. The number of aromatic amines is 1. The zero-order chi connectivity index (χ0) is 23.7. The molecule has 3 heterocycles. The number of aromatic nitrogens is 4. The normalized spacial score (nSPS) is 22.4. The molecule has 5 rings (SSSR count). The van der Waals surface area contributed by atoms with E-state index in [0.717, 1.165) is 0 Å². The molecule has 1 aromatic carbocycles. The van der Waals surface area contributed by atoms with Gasteiger partial charge >= 0.3 is 6.01 Å². The number of H-pyrrole nitrogens is 1. The molecule has 1 aliphatic carbocycles. The summed E-state index contributed by atoms with van der Waals surface area (Å²) in [5.74, 6) is 0.603. The Morgan fingerprint density at radius 2 is 1.94 bits per heavy atom. The van der Waals surface area contributed by atoms with E-state index in [2.05, 4.69) is 20.3 Å². The number of ether oxygens (including phenoxy) is 3. The van der Waals surface area contributed by atoms with Crippen molar-refractivity contribution < 1.29 is 23.4 Å². The van der Waals surface area contributed by atoms with Gasteiger partial charge in [0.2, 0.25) is 12.2 Å². The lowest BCUT2D eigenvalue weighted by atomic mass is 9.91. The van der Waals surface area contributed by atoms with E-state index in [9.17, 15) is 9.18 Å². The molecule has 0 radical (unpaired) electrons. The summed E-state index contributed by atoms with van der Waals surface area (Å²) in [6.07, 6.45) is 3.12. The highest BCUT2D eigenvalue weighted by atomic mass is 19.1. The van der Waals surface area contributed by atoms with E-state index in [1.165, 1.54) is 32.1 Å². The minimum Gasteiger partial charge on any atom is -0.467 e. The van der Waals surface area contributed by atoms with Crippen molar-refractivity contribution in [1.82, 2.24) is 25.3 Å². The number of nitrogens with zero attached hydrogens (tertiary/aromatic N) is 3. The molecule has 34 heavy (non-hydrogen) atoms. The minimum absolute atomic E-state index is 0.0712. The maximum absolute atomic E-state index is 13.5. The summed E-state index contributed by atoms with van der Waals surface area (Å²) in [6.45, 7) is 2.91. The van der Waals surface area contributed by atoms with Crippen molar-refractivity contribution >= 4 is 5.91 Å². The first-order valence-electron chi connectivity index (χ1n) is 11.2. The summed E-state index contributed by atoms with van der Waals surface area (Å²) in [4.78, 5) is 29.0. The molecule has 0 spiro atoms. The Morgan fingerprint density at radius 3 is 2.62 bits per heavy atom. The first-order chi connectivity index (χ1) is 16.4. The molecule has 2 N–H and O–H groups in total. The van der Waals surface area contributed by atoms with Crippen LogP contribution in [0, 0.1) is 17.2 Å². The van der Waals surface area contributed by atoms with Crippen LogP contribution in [0.25, 0.3) is 22.6 Å². The van der Waals surface area contributed by atoms with Gasteiger partial charge in [-0.1, -0.05) is 0 Å². The van der Waals surface area contributed by atoms with Crippen LogP contribution in [0.5, 0.6) is 6.01 Å². The van der Waals surface area contributed by atoms with Gasteiger partial charge in [0.25, 0.3) is 0 Å². The van der Waals surface area contributed by atoms with Crippen LogP contribution in [0.2, 0.25) is 0 Å². The van der Waals surface area contributed by atoms with Gasteiger partial charge in [-0.2, -0.15) is 4.98 Å². The van der Waals surface area contributed by atoms with Gasteiger partial charge in [-0.25, -0.2) is 14.4 Å². The van der Waals surface area contributed by atoms with E-state index < -0.39 is 11.7 Å². The second-order valence-electron chi connectivity index (χ2n) is 8.95. The lowest BCUT2D eigenvalue weighted by Gasteiger charge is -2.35. The SMILES string of the molecule is COc1nccc(-c2[nH]c(C3OCC(C)(C(=O)NCC4CC4)CO3)nc2-c2ccc(F)cc2)n1. The number of rotatable bonds is 7. The molecule has 1 aliphatic heterocycles. The average molecular weight is 468 g/mol. The second kappa shape index (κ2) is 9.11. The molecule has 0 atom stereocenters. The van der Waals surface area contributed by atoms with Gasteiger partial charge in [-0.15, -0.1) is 0 Å². The van der Waals surface area contributed by atoms with E-state index in [-0.39, 0.29) is 30.9 Å². The van der Waals surface area contributed by atoms with E-state index >= 15 is 0 Å². The Morgan fingerprint density at radius 1 is 1.21 bits per heavy atom. The number of nitrogens with one attached hydrogen (secondary N) is 2. The Balaban J connectivity index is 1.40. The summed E-state index contributed by atoms with van der Waals surface area (Å²) in [6, 6.07) is 7.94. The zero-order valence-corrected chi connectivity index (χ0v) is 19.0. The third-order valence-electron chi connectivity index (χ3n) is 6.04. The molecule has 0 unspecified atom stereocenters. The van der Waals surface area contributed by atoms with Gasteiger partial charge in [0.1, 0.15) is 5.82 Å². The summed E-state index contributed by atoms with van der Waals surface area (Å²) in [7, 11) is 1.49. The summed E-state index contributed by atoms with van der Waals surface area (Å²) in [5.41, 5.74) is 1.60. The van der Waals surface area contributed by atoms with Crippen LogP contribution in [0.4, 0.5) is 4.39 Å². The molecule has 1 saturated carbocycles. The van der Waals surface area contributed by atoms with E-state index in [1.54, 1.807) is 24.4 Å². The van der Waals surface area contributed by atoms with Gasteiger partial charge in [-0.3, -0.25) is 4.79 Å². The monoisotopic (exact) mass is 467 g/mol. The Hall–Kier alpha value is -3.37. The molecule has 2 aromatic heterocycles. The van der Waals surface area contributed by atoms with Crippen LogP contribution < -0.4 is 10.1 Å². The smallest absolute Gasteiger partial charge is 0.316 e. The van der Waals surface area contributed by atoms with Crippen LogP contribution in [0.3, 0.4) is 0 Å². The number of benzene rings is 1. The molecule has 10 heteroatoms. The number of halogens is 1. The number of carbonyl (C=O) groups excluding carboxylic acids is 1. The summed E-state index contributed by atoms with van der Waals surface area (Å²) in [5, 5.41) is 3.00. The van der Waals surface area contributed by atoms with Gasteiger partial charge < -0.3 is 24.5 Å².